The molecule has 100 valence electrons. The van der Waals surface area contributed by atoms with Gasteiger partial charge in [0.15, 0.2) is 0 Å². The fraction of sp³-hybridized carbons (Fsp3) is 0. The Kier molecular flexibility index (Phi) is 2.79. The van der Waals surface area contributed by atoms with Crippen LogP contribution < -0.4 is 0 Å². The van der Waals surface area contributed by atoms with E-state index >= 15 is 0 Å². The van der Waals surface area contributed by atoms with Crippen LogP contribution >= 0.6 is 0 Å². The van der Waals surface area contributed by atoms with Crippen molar-refractivity contribution in [2.75, 3.05) is 0 Å². The molecule has 0 amide bonds. The second-order valence-electron chi connectivity index (χ2n) is 5.03. The third-order valence-corrected chi connectivity index (χ3v) is 3.72. The third-order valence-electron chi connectivity index (χ3n) is 3.72. The van der Waals surface area contributed by atoms with Crippen LogP contribution in [0.5, 0.6) is 0 Å². The molecule has 0 aliphatic rings. The molecule has 2 heterocycles. The van der Waals surface area contributed by atoms with E-state index in [0.717, 1.165) is 16.8 Å². The van der Waals surface area contributed by atoms with Crippen LogP contribution in [-0.4, -0.2) is 9.97 Å². The van der Waals surface area contributed by atoms with Gasteiger partial charge in [-0.2, -0.15) is 0 Å². The van der Waals surface area contributed by atoms with Crippen molar-refractivity contribution in [3.05, 3.63) is 79.1 Å². The summed E-state index contributed by atoms with van der Waals surface area (Å²) in [5.41, 5.74) is 5.83. The van der Waals surface area contributed by atoms with E-state index in [1.54, 1.807) is 6.20 Å². The van der Waals surface area contributed by atoms with E-state index in [1.165, 1.54) is 16.5 Å². The SMILES string of the molecule is c1ccc(-c2[nH]c3ccccc3c2-c2cccnc2)cc1. The van der Waals surface area contributed by atoms with Gasteiger partial charge in [0.25, 0.3) is 0 Å². The minimum Gasteiger partial charge on any atom is -0.354 e. The summed E-state index contributed by atoms with van der Waals surface area (Å²) in [5.74, 6) is 0. The van der Waals surface area contributed by atoms with E-state index in [9.17, 15) is 0 Å². The average molecular weight is 270 g/mol. The van der Waals surface area contributed by atoms with Gasteiger partial charge in [-0.15, -0.1) is 0 Å². The third kappa shape index (κ3) is 2.01. The number of aromatic nitrogens is 2. The number of benzene rings is 2. The lowest BCUT2D eigenvalue weighted by atomic mass is 10.00. The van der Waals surface area contributed by atoms with E-state index in [-0.39, 0.29) is 0 Å². The maximum Gasteiger partial charge on any atom is 0.0545 e. The van der Waals surface area contributed by atoms with Crippen LogP contribution in [0, 0.1) is 0 Å². The molecular weight excluding hydrogens is 256 g/mol. The quantitative estimate of drug-likeness (QED) is 0.551. The first-order valence-electron chi connectivity index (χ1n) is 7.00. The Balaban J connectivity index is 2.07. The fourth-order valence-electron chi connectivity index (χ4n) is 2.77. The zero-order valence-electron chi connectivity index (χ0n) is 11.5. The topological polar surface area (TPSA) is 28.7 Å². The molecule has 0 aliphatic carbocycles. The van der Waals surface area contributed by atoms with E-state index in [2.05, 4.69) is 64.6 Å². The first-order chi connectivity index (χ1) is 10.4. The summed E-state index contributed by atoms with van der Waals surface area (Å²) in [4.78, 5) is 7.82. The highest BCUT2D eigenvalue weighted by atomic mass is 14.7. The number of fused-ring (bicyclic) bond motifs is 1. The van der Waals surface area contributed by atoms with Gasteiger partial charge in [-0.25, -0.2) is 0 Å². The number of nitrogens with zero attached hydrogens (tertiary/aromatic N) is 1. The van der Waals surface area contributed by atoms with Crippen molar-refractivity contribution < 1.29 is 0 Å². The van der Waals surface area contributed by atoms with Crippen LogP contribution in [-0.2, 0) is 0 Å². The molecule has 0 unspecified atom stereocenters. The van der Waals surface area contributed by atoms with Crippen LogP contribution in [0.4, 0.5) is 0 Å². The minimum atomic E-state index is 1.13. The van der Waals surface area contributed by atoms with Gasteiger partial charge >= 0.3 is 0 Å². The van der Waals surface area contributed by atoms with Gasteiger partial charge in [-0.1, -0.05) is 54.6 Å². The molecule has 0 saturated heterocycles. The van der Waals surface area contributed by atoms with Gasteiger partial charge < -0.3 is 4.98 Å². The predicted molar refractivity (Wildman–Crippen MR) is 87.0 cm³/mol. The maximum absolute atomic E-state index is 4.27. The zero-order valence-corrected chi connectivity index (χ0v) is 11.5. The Labute approximate surface area is 123 Å². The van der Waals surface area contributed by atoms with Crippen molar-refractivity contribution in [3.8, 4) is 22.4 Å². The second-order valence-corrected chi connectivity index (χ2v) is 5.03. The summed E-state index contributed by atoms with van der Waals surface area (Å²) in [6.07, 6.45) is 3.72. The van der Waals surface area contributed by atoms with Gasteiger partial charge in [-0.05, 0) is 17.7 Å². The summed E-state index contributed by atoms with van der Waals surface area (Å²) in [6, 6.07) is 22.9. The summed E-state index contributed by atoms with van der Waals surface area (Å²) in [5, 5.41) is 1.23. The normalized spacial score (nSPS) is 10.9. The number of nitrogens with one attached hydrogen (secondary N) is 1. The number of aromatic amines is 1. The number of hydrogen-bond acceptors (Lipinski definition) is 1. The van der Waals surface area contributed by atoms with Crippen molar-refractivity contribution in [2.24, 2.45) is 0 Å². The second kappa shape index (κ2) is 4.91. The molecular formula is C19H14N2. The van der Waals surface area contributed by atoms with Crippen LogP contribution in [0.25, 0.3) is 33.3 Å². The zero-order chi connectivity index (χ0) is 14.1. The molecule has 0 bridgehead atoms. The van der Waals surface area contributed by atoms with E-state index < -0.39 is 0 Å². The molecule has 0 radical (unpaired) electrons. The summed E-state index contributed by atoms with van der Waals surface area (Å²) >= 11 is 0. The Hall–Kier alpha value is -2.87. The summed E-state index contributed by atoms with van der Waals surface area (Å²) in [6.45, 7) is 0. The first kappa shape index (κ1) is 11.9. The largest absolute Gasteiger partial charge is 0.354 e. The standard InChI is InChI=1S/C19H14N2/c1-2-7-14(8-3-1)19-18(15-9-6-12-20-13-15)16-10-4-5-11-17(16)21-19/h1-13,21H. The molecule has 0 aliphatic heterocycles. The summed E-state index contributed by atoms with van der Waals surface area (Å²) in [7, 11) is 0. The Bertz CT molecular complexity index is 877. The lowest BCUT2D eigenvalue weighted by Crippen LogP contribution is -1.83. The maximum atomic E-state index is 4.27. The van der Waals surface area contributed by atoms with E-state index in [0.29, 0.717) is 0 Å². The molecule has 21 heavy (non-hydrogen) atoms. The highest BCUT2D eigenvalue weighted by Crippen LogP contribution is 2.37. The van der Waals surface area contributed by atoms with Gasteiger partial charge in [0, 0.05) is 34.4 Å². The lowest BCUT2D eigenvalue weighted by molar-refractivity contribution is 1.33. The van der Waals surface area contributed by atoms with Crippen molar-refractivity contribution in [1.29, 1.82) is 0 Å². The number of hydrogen-bond donors (Lipinski definition) is 1. The van der Waals surface area contributed by atoms with Crippen molar-refractivity contribution >= 4 is 10.9 Å². The van der Waals surface area contributed by atoms with E-state index in [4.69, 9.17) is 0 Å². The number of pyridine rings is 1. The molecule has 1 N–H and O–H groups in total. The Morgan fingerprint density at radius 3 is 2.29 bits per heavy atom. The number of rotatable bonds is 2. The van der Waals surface area contributed by atoms with Gasteiger partial charge in [0.05, 0.1) is 5.69 Å². The molecule has 2 aromatic heterocycles. The van der Waals surface area contributed by atoms with E-state index in [1.807, 2.05) is 18.3 Å². The smallest absolute Gasteiger partial charge is 0.0545 e. The summed E-state index contributed by atoms with van der Waals surface area (Å²) < 4.78 is 0. The fourth-order valence-corrected chi connectivity index (χ4v) is 2.77. The van der Waals surface area contributed by atoms with Crippen molar-refractivity contribution in [2.45, 2.75) is 0 Å². The predicted octanol–water partition coefficient (Wildman–Crippen LogP) is 4.90. The molecule has 4 aromatic rings. The molecule has 0 atom stereocenters. The number of para-hydroxylation sites is 1. The highest BCUT2D eigenvalue weighted by molar-refractivity contribution is 6.03. The van der Waals surface area contributed by atoms with Crippen molar-refractivity contribution in [3.63, 3.8) is 0 Å². The van der Waals surface area contributed by atoms with Crippen LogP contribution in [0.15, 0.2) is 79.1 Å². The van der Waals surface area contributed by atoms with Crippen LogP contribution in [0.2, 0.25) is 0 Å². The van der Waals surface area contributed by atoms with Crippen LogP contribution in [0.3, 0.4) is 0 Å². The molecule has 2 aromatic carbocycles. The van der Waals surface area contributed by atoms with Crippen LogP contribution in [0.1, 0.15) is 0 Å². The molecule has 2 heteroatoms. The molecule has 4 rings (SSSR count). The molecule has 0 spiro atoms. The molecule has 0 saturated carbocycles. The number of H-pyrrole nitrogens is 1. The Morgan fingerprint density at radius 1 is 0.714 bits per heavy atom. The van der Waals surface area contributed by atoms with Gasteiger partial charge in [-0.3, -0.25) is 4.98 Å². The average Bonchev–Trinajstić information content (AvgIpc) is 2.96. The Morgan fingerprint density at radius 2 is 1.48 bits per heavy atom. The molecule has 0 fully saturated rings. The highest BCUT2D eigenvalue weighted by Gasteiger charge is 2.14. The molecule has 2 nitrogen and oxygen atoms in total. The monoisotopic (exact) mass is 270 g/mol. The first-order valence-corrected chi connectivity index (χ1v) is 7.00. The minimum absolute atomic E-state index is 1.13. The van der Waals surface area contributed by atoms with Gasteiger partial charge in [0.1, 0.15) is 0 Å². The van der Waals surface area contributed by atoms with Gasteiger partial charge in [0.2, 0.25) is 0 Å². The lowest BCUT2D eigenvalue weighted by Gasteiger charge is -2.05. The van der Waals surface area contributed by atoms with Crippen molar-refractivity contribution in [1.82, 2.24) is 9.97 Å².